The first kappa shape index (κ1) is 18.9. The van der Waals surface area contributed by atoms with E-state index in [-0.39, 0.29) is 4.77 Å². The third-order valence-corrected chi connectivity index (χ3v) is 5.33. The number of aromatic amines is 1. The average molecular weight is 408 g/mol. The van der Waals surface area contributed by atoms with Crippen LogP contribution in [0.25, 0.3) is 10.8 Å². The van der Waals surface area contributed by atoms with Gasteiger partial charge in [-0.3, -0.25) is 0 Å². The van der Waals surface area contributed by atoms with Gasteiger partial charge in [-0.05, 0) is 36.0 Å². The summed E-state index contributed by atoms with van der Waals surface area (Å²) in [5.74, 6) is 0.469. The summed E-state index contributed by atoms with van der Waals surface area (Å²) < 4.78 is 11.1. The molecule has 29 heavy (non-hydrogen) atoms. The van der Waals surface area contributed by atoms with Crippen molar-refractivity contribution in [2.24, 2.45) is 0 Å². The molecule has 148 valence electrons. The molecule has 0 saturated carbocycles. The van der Waals surface area contributed by atoms with Gasteiger partial charge in [0.2, 0.25) is 0 Å². The number of benzene rings is 2. The molecule has 0 fully saturated rings. The van der Waals surface area contributed by atoms with Gasteiger partial charge in [0.1, 0.15) is 17.4 Å². The molecule has 7 nitrogen and oxygen atoms in total. The Morgan fingerprint density at radius 1 is 1.17 bits per heavy atom. The van der Waals surface area contributed by atoms with Gasteiger partial charge in [0, 0.05) is 16.8 Å². The maximum absolute atomic E-state index is 12.8. The van der Waals surface area contributed by atoms with E-state index < -0.39 is 11.9 Å². The molecule has 2 heterocycles. The lowest BCUT2D eigenvalue weighted by Gasteiger charge is -2.31. The summed E-state index contributed by atoms with van der Waals surface area (Å²) in [7, 11) is 2.96. The maximum atomic E-state index is 12.8. The van der Waals surface area contributed by atoms with Crippen molar-refractivity contribution in [2.75, 3.05) is 25.3 Å². The number of hydrogen-bond acceptors (Lipinski definition) is 7. The number of aromatic nitrogens is 2. The quantitative estimate of drug-likeness (QED) is 0.446. The summed E-state index contributed by atoms with van der Waals surface area (Å²) in [5, 5.41) is 5.11. The topological polar surface area (TPSA) is 102 Å². The fourth-order valence-electron chi connectivity index (χ4n) is 3.91. The molecule has 0 spiro atoms. The predicted molar refractivity (Wildman–Crippen MR) is 115 cm³/mol. The summed E-state index contributed by atoms with van der Waals surface area (Å²) in [5.41, 5.74) is 8.83. The smallest absolute Gasteiger partial charge is 0.336 e. The molecule has 0 saturated heterocycles. The molecular formula is C21H20N4O3S. The van der Waals surface area contributed by atoms with E-state index >= 15 is 0 Å². The number of ether oxygens (including phenoxy) is 2. The highest BCUT2D eigenvalue weighted by atomic mass is 32.1. The van der Waals surface area contributed by atoms with Crippen LogP contribution in [-0.4, -0.2) is 30.2 Å². The lowest BCUT2D eigenvalue weighted by Crippen LogP contribution is -2.26. The summed E-state index contributed by atoms with van der Waals surface area (Å²) in [4.78, 5) is 20.1. The zero-order valence-corrected chi connectivity index (χ0v) is 17.0. The lowest BCUT2D eigenvalue weighted by atomic mass is 9.79. The predicted octanol–water partition coefficient (Wildman–Crippen LogP) is 3.89. The van der Waals surface area contributed by atoms with E-state index in [2.05, 4.69) is 15.3 Å². The van der Waals surface area contributed by atoms with Crippen molar-refractivity contribution >= 4 is 40.6 Å². The Hall–Kier alpha value is -3.39. The van der Waals surface area contributed by atoms with Gasteiger partial charge < -0.3 is 25.5 Å². The Morgan fingerprint density at radius 3 is 2.66 bits per heavy atom. The zero-order valence-electron chi connectivity index (χ0n) is 16.2. The first-order chi connectivity index (χ1) is 14.0. The van der Waals surface area contributed by atoms with E-state index in [1.165, 1.54) is 7.11 Å². The molecular weight excluding hydrogens is 388 g/mol. The van der Waals surface area contributed by atoms with Gasteiger partial charge in [0.25, 0.3) is 0 Å². The maximum Gasteiger partial charge on any atom is 0.336 e. The molecule has 3 aromatic rings. The minimum Gasteiger partial charge on any atom is -0.496 e. The number of anilines is 2. The van der Waals surface area contributed by atoms with Gasteiger partial charge in [-0.2, -0.15) is 0 Å². The van der Waals surface area contributed by atoms with Crippen LogP contribution in [0.5, 0.6) is 5.75 Å². The van der Waals surface area contributed by atoms with Crippen molar-refractivity contribution < 1.29 is 14.3 Å². The molecule has 2 aromatic carbocycles. The Morgan fingerprint density at radius 2 is 1.93 bits per heavy atom. The molecule has 1 aromatic heterocycles. The van der Waals surface area contributed by atoms with Crippen molar-refractivity contribution in [3.05, 3.63) is 63.6 Å². The van der Waals surface area contributed by atoms with Crippen molar-refractivity contribution in [3.63, 3.8) is 0 Å². The van der Waals surface area contributed by atoms with Crippen LogP contribution in [0.2, 0.25) is 0 Å². The number of nitrogen functional groups attached to an aromatic ring is 1. The highest BCUT2D eigenvalue weighted by Crippen LogP contribution is 2.48. The molecule has 1 unspecified atom stereocenters. The Labute approximate surface area is 172 Å². The summed E-state index contributed by atoms with van der Waals surface area (Å²) in [6.07, 6.45) is 0. The van der Waals surface area contributed by atoms with E-state index in [1.54, 1.807) is 14.0 Å². The van der Waals surface area contributed by atoms with Gasteiger partial charge in [-0.1, -0.05) is 30.3 Å². The van der Waals surface area contributed by atoms with E-state index in [9.17, 15) is 4.79 Å². The lowest BCUT2D eigenvalue weighted by molar-refractivity contribution is -0.136. The van der Waals surface area contributed by atoms with Crippen LogP contribution in [0.15, 0.2) is 47.7 Å². The van der Waals surface area contributed by atoms with Gasteiger partial charge in [0.15, 0.2) is 4.77 Å². The number of nitrogens with two attached hydrogens (primary N) is 1. The number of carbonyl (C=O) groups excluding carboxylic acids is 1. The normalized spacial score (nSPS) is 15.6. The molecule has 0 amide bonds. The van der Waals surface area contributed by atoms with Crippen molar-refractivity contribution in [1.82, 2.24) is 9.97 Å². The average Bonchev–Trinajstić information content (AvgIpc) is 2.71. The highest BCUT2D eigenvalue weighted by molar-refractivity contribution is 7.71. The third-order valence-electron chi connectivity index (χ3n) is 5.13. The van der Waals surface area contributed by atoms with Gasteiger partial charge >= 0.3 is 5.97 Å². The van der Waals surface area contributed by atoms with Crippen molar-refractivity contribution in [1.29, 1.82) is 0 Å². The fourth-order valence-corrected chi connectivity index (χ4v) is 4.12. The number of H-pyrrole nitrogens is 1. The number of esters is 1. The monoisotopic (exact) mass is 408 g/mol. The van der Waals surface area contributed by atoms with Crippen molar-refractivity contribution in [2.45, 2.75) is 12.8 Å². The minimum atomic E-state index is -0.556. The first-order valence-corrected chi connectivity index (χ1v) is 9.38. The van der Waals surface area contributed by atoms with E-state index in [4.69, 9.17) is 27.4 Å². The number of carbonyl (C=O) groups is 1. The number of nitrogens with one attached hydrogen (secondary N) is 2. The van der Waals surface area contributed by atoms with E-state index in [0.717, 1.165) is 16.3 Å². The van der Waals surface area contributed by atoms with Gasteiger partial charge in [-0.15, -0.1) is 0 Å². The molecule has 4 rings (SSSR count). The Kier molecular flexibility index (Phi) is 4.71. The Balaban J connectivity index is 2.15. The zero-order chi connectivity index (χ0) is 20.7. The molecule has 0 aliphatic carbocycles. The number of rotatable bonds is 3. The minimum absolute atomic E-state index is 0.256. The van der Waals surface area contributed by atoms with Gasteiger partial charge in [-0.25, -0.2) is 9.78 Å². The Bertz CT molecular complexity index is 1230. The largest absolute Gasteiger partial charge is 0.496 e. The summed E-state index contributed by atoms with van der Waals surface area (Å²) in [6.45, 7) is 1.80. The van der Waals surface area contributed by atoms with Crippen LogP contribution < -0.4 is 15.8 Å². The molecule has 1 aliphatic heterocycles. The second kappa shape index (κ2) is 7.21. The fraction of sp³-hybridized carbons (Fsp3) is 0.190. The number of allylic oxidation sites excluding steroid dienone is 1. The second-order valence-electron chi connectivity index (χ2n) is 6.71. The van der Waals surface area contributed by atoms with Crippen molar-refractivity contribution in [3.8, 4) is 5.75 Å². The van der Waals surface area contributed by atoms with E-state index in [0.29, 0.717) is 34.2 Å². The van der Waals surface area contributed by atoms with Crippen LogP contribution in [0, 0.1) is 4.77 Å². The number of methoxy groups -OCH3 is 2. The van der Waals surface area contributed by atoms with E-state index in [1.807, 2.05) is 36.4 Å². The van der Waals surface area contributed by atoms with Crippen LogP contribution >= 0.6 is 12.2 Å². The molecule has 4 N–H and O–H groups in total. The first-order valence-electron chi connectivity index (χ1n) is 8.97. The third kappa shape index (κ3) is 3.01. The van der Waals surface area contributed by atoms with Gasteiger partial charge in [0.05, 0.1) is 25.7 Å². The molecule has 1 atom stereocenters. The standard InChI is InChI=1S/C21H20N4O3S/c1-10-14(20(26)28-3)16(17-18(22)24-21(29)25-19(17)23-10)15-12-7-5-4-6-11(12)8-9-13(15)27-2/h4-9,16H,1-3H3,(H4,22,23,24,25,29). The SMILES string of the molecule is COC(=O)C1=C(C)Nc2nc(=S)[nH]c(N)c2C1c1c(OC)ccc2ccccc12. The van der Waals surface area contributed by atoms with Crippen LogP contribution in [0.1, 0.15) is 24.0 Å². The number of hydrogen-bond donors (Lipinski definition) is 3. The summed E-state index contributed by atoms with van der Waals surface area (Å²) >= 11 is 5.19. The molecule has 0 radical (unpaired) electrons. The number of nitrogens with zero attached hydrogens (tertiary/aromatic N) is 1. The van der Waals surface area contributed by atoms with Crippen LogP contribution in [0.4, 0.5) is 11.6 Å². The molecule has 1 aliphatic rings. The molecule has 8 heteroatoms. The second-order valence-corrected chi connectivity index (χ2v) is 7.10. The highest BCUT2D eigenvalue weighted by Gasteiger charge is 2.38. The molecule has 0 bridgehead atoms. The van der Waals surface area contributed by atoms with Crippen LogP contribution in [0.3, 0.4) is 0 Å². The number of fused-ring (bicyclic) bond motifs is 2. The summed E-state index contributed by atoms with van der Waals surface area (Å²) in [6, 6.07) is 11.8. The van der Waals surface area contributed by atoms with Crippen LogP contribution in [-0.2, 0) is 9.53 Å².